The molecule has 2 aliphatic rings. The molecule has 0 saturated heterocycles. The van der Waals surface area contributed by atoms with Gasteiger partial charge < -0.3 is 10.1 Å². The standard InChI is InChI=1S/C23H26N2O4/c1-28-21(26)15-20-18-11-5-6-12-19(18)24-23(13-7-8-14-23)22(27)25(20)29-16-17-9-3-2-4-10-17/h2-6,9-12,20,24H,7-8,13-16H2,1H3. The molecule has 1 fully saturated rings. The highest BCUT2D eigenvalue weighted by atomic mass is 16.7. The van der Waals surface area contributed by atoms with Crippen LogP contribution < -0.4 is 5.32 Å². The van der Waals surface area contributed by atoms with Crippen LogP contribution in [0.4, 0.5) is 5.69 Å². The number of esters is 1. The van der Waals surface area contributed by atoms with E-state index in [4.69, 9.17) is 9.57 Å². The van der Waals surface area contributed by atoms with Crippen LogP contribution in [0, 0.1) is 0 Å². The van der Waals surface area contributed by atoms with Crippen LogP contribution in [-0.2, 0) is 25.8 Å². The zero-order chi connectivity index (χ0) is 20.3. The first-order valence-electron chi connectivity index (χ1n) is 10.1. The lowest BCUT2D eigenvalue weighted by Gasteiger charge is -2.34. The average molecular weight is 394 g/mol. The van der Waals surface area contributed by atoms with Crippen molar-refractivity contribution in [3.8, 4) is 0 Å². The van der Waals surface area contributed by atoms with E-state index < -0.39 is 11.6 Å². The molecule has 1 unspecified atom stereocenters. The van der Waals surface area contributed by atoms with Gasteiger partial charge in [0.15, 0.2) is 0 Å². The number of methoxy groups -OCH3 is 1. The monoisotopic (exact) mass is 394 g/mol. The summed E-state index contributed by atoms with van der Waals surface area (Å²) in [6.07, 6.45) is 3.49. The molecule has 29 heavy (non-hydrogen) atoms. The summed E-state index contributed by atoms with van der Waals surface area (Å²) in [5.41, 5.74) is 2.01. The Labute approximate surface area is 170 Å². The number of carbonyl (C=O) groups is 2. The lowest BCUT2D eigenvalue weighted by atomic mass is 9.96. The molecule has 1 saturated carbocycles. The number of para-hydroxylation sites is 1. The molecular weight excluding hydrogens is 368 g/mol. The van der Waals surface area contributed by atoms with Crippen molar-refractivity contribution in [1.29, 1.82) is 0 Å². The Balaban J connectivity index is 1.73. The molecule has 1 atom stereocenters. The molecule has 1 spiro atoms. The number of hydrogen-bond donors (Lipinski definition) is 1. The van der Waals surface area contributed by atoms with Gasteiger partial charge in [-0.05, 0) is 24.5 Å². The minimum Gasteiger partial charge on any atom is -0.469 e. The number of anilines is 1. The number of hydrogen-bond acceptors (Lipinski definition) is 5. The summed E-state index contributed by atoms with van der Waals surface area (Å²) in [4.78, 5) is 32.0. The fourth-order valence-electron chi connectivity index (χ4n) is 4.31. The highest BCUT2D eigenvalue weighted by molar-refractivity contribution is 5.91. The lowest BCUT2D eigenvalue weighted by Crippen LogP contribution is -2.51. The maximum absolute atomic E-state index is 13.7. The van der Waals surface area contributed by atoms with Crippen LogP contribution in [0.3, 0.4) is 0 Å². The summed E-state index contributed by atoms with van der Waals surface area (Å²) in [5, 5.41) is 4.94. The number of nitrogens with one attached hydrogen (secondary N) is 1. The van der Waals surface area contributed by atoms with Crippen LogP contribution in [0.2, 0.25) is 0 Å². The van der Waals surface area contributed by atoms with Gasteiger partial charge in [0, 0.05) is 11.3 Å². The number of benzene rings is 2. The van der Waals surface area contributed by atoms with Gasteiger partial charge in [0.2, 0.25) is 0 Å². The van der Waals surface area contributed by atoms with Crippen LogP contribution in [0.5, 0.6) is 0 Å². The minimum absolute atomic E-state index is 0.0335. The van der Waals surface area contributed by atoms with E-state index in [-0.39, 0.29) is 24.9 Å². The summed E-state index contributed by atoms with van der Waals surface area (Å²) < 4.78 is 4.92. The van der Waals surface area contributed by atoms with Crippen LogP contribution in [0.15, 0.2) is 54.6 Å². The summed E-state index contributed by atoms with van der Waals surface area (Å²) in [7, 11) is 1.36. The van der Waals surface area contributed by atoms with Crippen LogP contribution in [0.25, 0.3) is 0 Å². The van der Waals surface area contributed by atoms with Crippen molar-refractivity contribution in [3.63, 3.8) is 0 Å². The number of nitrogens with zero attached hydrogens (tertiary/aromatic N) is 1. The highest BCUT2D eigenvalue weighted by Crippen LogP contribution is 2.43. The van der Waals surface area contributed by atoms with Gasteiger partial charge in [-0.25, -0.2) is 5.06 Å². The maximum Gasteiger partial charge on any atom is 0.308 e. The largest absolute Gasteiger partial charge is 0.469 e. The van der Waals surface area contributed by atoms with Crippen molar-refractivity contribution >= 4 is 17.6 Å². The summed E-state index contributed by atoms with van der Waals surface area (Å²) >= 11 is 0. The van der Waals surface area contributed by atoms with E-state index in [0.717, 1.165) is 42.5 Å². The van der Waals surface area contributed by atoms with Gasteiger partial charge in [-0.3, -0.25) is 14.4 Å². The third-order valence-corrected chi connectivity index (χ3v) is 5.84. The fourth-order valence-corrected chi connectivity index (χ4v) is 4.31. The molecule has 0 bridgehead atoms. The van der Waals surface area contributed by atoms with E-state index in [0.29, 0.717) is 0 Å². The van der Waals surface area contributed by atoms with Crippen molar-refractivity contribution in [1.82, 2.24) is 5.06 Å². The minimum atomic E-state index is -0.697. The number of ether oxygens (including phenoxy) is 1. The second-order valence-corrected chi connectivity index (χ2v) is 7.69. The smallest absolute Gasteiger partial charge is 0.308 e. The predicted molar refractivity (Wildman–Crippen MR) is 109 cm³/mol. The lowest BCUT2D eigenvalue weighted by molar-refractivity contribution is -0.212. The van der Waals surface area contributed by atoms with Gasteiger partial charge in [-0.15, -0.1) is 0 Å². The quantitative estimate of drug-likeness (QED) is 0.777. The molecule has 1 N–H and O–H groups in total. The first-order valence-corrected chi connectivity index (χ1v) is 10.1. The first-order chi connectivity index (χ1) is 14.1. The number of amides is 1. The highest BCUT2D eigenvalue weighted by Gasteiger charge is 2.49. The van der Waals surface area contributed by atoms with Gasteiger partial charge >= 0.3 is 5.97 Å². The second kappa shape index (κ2) is 8.25. The van der Waals surface area contributed by atoms with Gasteiger partial charge in [-0.2, -0.15) is 0 Å². The van der Waals surface area contributed by atoms with E-state index in [1.54, 1.807) is 0 Å². The zero-order valence-electron chi connectivity index (χ0n) is 16.6. The van der Waals surface area contributed by atoms with Crippen molar-refractivity contribution < 1.29 is 19.2 Å². The molecule has 0 radical (unpaired) electrons. The molecule has 1 aliphatic heterocycles. The van der Waals surface area contributed by atoms with Gasteiger partial charge in [0.05, 0.1) is 19.6 Å². The first kappa shape index (κ1) is 19.5. The normalized spacial score (nSPS) is 20.1. The number of fused-ring (bicyclic) bond motifs is 1. The van der Waals surface area contributed by atoms with Crippen LogP contribution >= 0.6 is 0 Å². The van der Waals surface area contributed by atoms with E-state index >= 15 is 0 Å². The van der Waals surface area contributed by atoms with Crippen molar-refractivity contribution in [2.24, 2.45) is 0 Å². The molecule has 1 heterocycles. The van der Waals surface area contributed by atoms with Crippen molar-refractivity contribution in [2.45, 2.75) is 50.3 Å². The SMILES string of the molecule is COC(=O)CC1c2ccccc2NC2(CCCC2)C(=O)N1OCc1ccccc1. The van der Waals surface area contributed by atoms with Gasteiger partial charge in [0.1, 0.15) is 12.1 Å². The van der Waals surface area contributed by atoms with Gasteiger partial charge in [-0.1, -0.05) is 61.4 Å². The fraction of sp³-hybridized carbons (Fsp3) is 0.391. The van der Waals surface area contributed by atoms with E-state index in [2.05, 4.69) is 5.32 Å². The molecule has 2 aromatic rings. The zero-order valence-corrected chi connectivity index (χ0v) is 16.6. The molecule has 152 valence electrons. The predicted octanol–water partition coefficient (Wildman–Crippen LogP) is 3.99. The third-order valence-electron chi connectivity index (χ3n) is 5.84. The molecule has 4 rings (SSSR count). The van der Waals surface area contributed by atoms with Crippen LogP contribution in [0.1, 0.15) is 49.3 Å². The molecular formula is C23H26N2O4. The van der Waals surface area contributed by atoms with Gasteiger partial charge in [0.25, 0.3) is 5.91 Å². The average Bonchev–Trinajstić information content (AvgIpc) is 3.20. The number of rotatable bonds is 5. The Morgan fingerprint density at radius 3 is 2.52 bits per heavy atom. The summed E-state index contributed by atoms with van der Waals surface area (Å²) in [5.74, 6) is -0.496. The number of hydroxylamine groups is 2. The Morgan fingerprint density at radius 1 is 1.10 bits per heavy atom. The maximum atomic E-state index is 13.7. The Morgan fingerprint density at radius 2 is 1.79 bits per heavy atom. The molecule has 1 amide bonds. The summed E-state index contributed by atoms with van der Waals surface area (Å²) in [6.45, 7) is 0.252. The molecule has 2 aromatic carbocycles. The molecule has 6 nitrogen and oxygen atoms in total. The van der Waals surface area contributed by atoms with E-state index in [1.807, 2.05) is 54.6 Å². The Kier molecular flexibility index (Phi) is 5.53. The molecule has 0 aromatic heterocycles. The van der Waals surface area contributed by atoms with Crippen LogP contribution in [-0.4, -0.2) is 29.6 Å². The Bertz CT molecular complexity index is 877. The van der Waals surface area contributed by atoms with E-state index in [9.17, 15) is 9.59 Å². The van der Waals surface area contributed by atoms with Crippen molar-refractivity contribution in [2.75, 3.05) is 12.4 Å². The molecule has 1 aliphatic carbocycles. The topological polar surface area (TPSA) is 67.9 Å². The molecule has 6 heteroatoms. The Hall–Kier alpha value is -2.86. The number of carbonyl (C=O) groups excluding carboxylic acids is 2. The van der Waals surface area contributed by atoms with E-state index in [1.165, 1.54) is 12.2 Å². The second-order valence-electron chi connectivity index (χ2n) is 7.69. The third kappa shape index (κ3) is 3.85. The summed E-state index contributed by atoms with van der Waals surface area (Å²) in [6, 6.07) is 16.9. The van der Waals surface area contributed by atoms with Crippen molar-refractivity contribution in [3.05, 3.63) is 65.7 Å².